The van der Waals surface area contributed by atoms with E-state index < -0.39 is 0 Å². The Labute approximate surface area is 89.7 Å². The topological polar surface area (TPSA) is 55.1 Å². The average Bonchev–Trinajstić information content (AvgIpc) is 2.59. The van der Waals surface area contributed by atoms with Crippen molar-refractivity contribution in [3.8, 4) is 0 Å². The number of nitrogens with two attached hydrogens (primary N) is 1. The summed E-state index contributed by atoms with van der Waals surface area (Å²) >= 11 is 0. The summed E-state index contributed by atoms with van der Waals surface area (Å²) in [6.07, 6.45) is 0.588. The van der Waals surface area contributed by atoms with Crippen LogP contribution < -0.4 is 11.1 Å². The van der Waals surface area contributed by atoms with Gasteiger partial charge in [0.15, 0.2) is 0 Å². The van der Waals surface area contributed by atoms with Crippen LogP contribution in [0.2, 0.25) is 0 Å². The minimum atomic E-state index is 0.140. The smallest absolute Gasteiger partial charge is 0.220 e. The van der Waals surface area contributed by atoms with E-state index in [2.05, 4.69) is 12.2 Å². The molecule has 1 unspecified atom stereocenters. The maximum atomic E-state index is 11.2. The molecule has 1 aromatic rings. The van der Waals surface area contributed by atoms with E-state index in [1.165, 1.54) is 11.1 Å². The molecule has 0 aliphatic carbocycles. The lowest BCUT2D eigenvalue weighted by Gasteiger charge is -2.16. The number of hydrogen-bond donors (Lipinski definition) is 2. The van der Waals surface area contributed by atoms with Crippen LogP contribution in [0.25, 0.3) is 0 Å². The highest BCUT2D eigenvalue weighted by molar-refractivity contribution is 5.80. The van der Waals surface area contributed by atoms with Crippen LogP contribution in [-0.4, -0.2) is 12.5 Å². The summed E-state index contributed by atoms with van der Waals surface area (Å²) in [6.45, 7) is 4.84. The Kier molecular flexibility index (Phi) is 2.39. The van der Waals surface area contributed by atoms with Crippen molar-refractivity contribution in [3.63, 3.8) is 0 Å². The zero-order valence-electron chi connectivity index (χ0n) is 9.13. The standard InChI is InChI=1S/C12H16N2O/c1-7-3-4-10(13)8(2)12(7)9-5-11(15)14-6-9/h3-4,9H,5-6,13H2,1-2H3,(H,14,15). The van der Waals surface area contributed by atoms with Crippen LogP contribution in [0.4, 0.5) is 5.69 Å². The number of amides is 1. The van der Waals surface area contributed by atoms with E-state index in [-0.39, 0.29) is 5.91 Å². The molecule has 3 N–H and O–H groups in total. The third-order valence-electron chi connectivity index (χ3n) is 3.16. The second-order valence-electron chi connectivity index (χ2n) is 4.22. The summed E-state index contributed by atoms with van der Waals surface area (Å²) in [5, 5.41) is 2.86. The van der Waals surface area contributed by atoms with Crippen molar-refractivity contribution in [2.45, 2.75) is 26.2 Å². The molecule has 15 heavy (non-hydrogen) atoms. The fourth-order valence-corrected chi connectivity index (χ4v) is 2.32. The molecular weight excluding hydrogens is 188 g/mol. The normalized spacial score (nSPS) is 20.4. The Morgan fingerprint density at radius 1 is 1.40 bits per heavy atom. The van der Waals surface area contributed by atoms with Crippen LogP contribution >= 0.6 is 0 Å². The molecule has 80 valence electrons. The molecule has 1 saturated heterocycles. The van der Waals surface area contributed by atoms with Gasteiger partial charge in [0.2, 0.25) is 5.91 Å². The predicted molar refractivity (Wildman–Crippen MR) is 60.7 cm³/mol. The minimum absolute atomic E-state index is 0.140. The Morgan fingerprint density at radius 3 is 2.73 bits per heavy atom. The molecule has 2 rings (SSSR count). The fraction of sp³-hybridized carbons (Fsp3) is 0.417. The molecule has 0 spiro atoms. The Balaban J connectivity index is 2.43. The van der Waals surface area contributed by atoms with Crippen molar-refractivity contribution < 1.29 is 4.79 Å². The number of benzene rings is 1. The number of hydrogen-bond acceptors (Lipinski definition) is 2. The Bertz CT molecular complexity index is 412. The van der Waals surface area contributed by atoms with Gasteiger partial charge in [-0.05, 0) is 36.6 Å². The number of aryl methyl sites for hydroxylation is 1. The first-order chi connectivity index (χ1) is 7.09. The van der Waals surface area contributed by atoms with E-state index >= 15 is 0 Å². The zero-order valence-corrected chi connectivity index (χ0v) is 9.13. The van der Waals surface area contributed by atoms with Crippen molar-refractivity contribution in [2.24, 2.45) is 0 Å². The molecule has 1 atom stereocenters. The molecule has 0 radical (unpaired) electrons. The molecule has 1 aromatic carbocycles. The Morgan fingerprint density at radius 2 is 2.13 bits per heavy atom. The second-order valence-corrected chi connectivity index (χ2v) is 4.22. The highest BCUT2D eigenvalue weighted by Crippen LogP contribution is 2.31. The first-order valence-electron chi connectivity index (χ1n) is 5.22. The van der Waals surface area contributed by atoms with Crippen molar-refractivity contribution in [1.29, 1.82) is 0 Å². The SMILES string of the molecule is Cc1ccc(N)c(C)c1C1CNC(=O)C1. The van der Waals surface area contributed by atoms with Gasteiger partial charge in [-0.2, -0.15) is 0 Å². The van der Waals surface area contributed by atoms with Crippen LogP contribution in [0.3, 0.4) is 0 Å². The largest absolute Gasteiger partial charge is 0.399 e. The van der Waals surface area contributed by atoms with E-state index in [0.717, 1.165) is 17.8 Å². The number of nitrogens with one attached hydrogen (secondary N) is 1. The molecular formula is C12H16N2O. The number of carbonyl (C=O) groups excluding carboxylic acids is 1. The summed E-state index contributed by atoms with van der Waals surface area (Å²) in [4.78, 5) is 11.2. The molecule has 0 aromatic heterocycles. The van der Waals surface area contributed by atoms with Gasteiger partial charge >= 0.3 is 0 Å². The highest BCUT2D eigenvalue weighted by Gasteiger charge is 2.25. The first-order valence-corrected chi connectivity index (χ1v) is 5.22. The summed E-state index contributed by atoms with van der Waals surface area (Å²) in [7, 11) is 0. The number of carbonyl (C=O) groups is 1. The van der Waals surface area contributed by atoms with E-state index in [1.54, 1.807) is 0 Å². The van der Waals surface area contributed by atoms with Gasteiger partial charge in [-0.15, -0.1) is 0 Å². The highest BCUT2D eigenvalue weighted by atomic mass is 16.1. The zero-order chi connectivity index (χ0) is 11.0. The number of rotatable bonds is 1. The minimum Gasteiger partial charge on any atom is -0.399 e. The van der Waals surface area contributed by atoms with Crippen LogP contribution in [0.1, 0.15) is 29.0 Å². The summed E-state index contributed by atoms with van der Waals surface area (Å²) in [5.74, 6) is 0.433. The van der Waals surface area contributed by atoms with Gasteiger partial charge in [0.1, 0.15) is 0 Å². The molecule has 1 amide bonds. The van der Waals surface area contributed by atoms with E-state index in [1.807, 2.05) is 19.1 Å². The summed E-state index contributed by atoms with van der Waals surface area (Å²) in [5.41, 5.74) is 10.3. The lowest BCUT2D eigenvalue weighted by molar-refractivity contribution is -0.119. The average molecular weight is 204 g/mol. The molecule has 1 aliphatic heterocycles. The van der Waals surface area contributed by atoms with E-state index in [4.69, 9.17) is 5.73 Å². The predicted octanol–water partition coefficient (Wildman–Crippen LogP) is 1.49. The summed E-state index contributed by atoms with van der Waals surface area (Å²) in [6, 6.07) is 3.96. The number of nitrogen functional groups attached to an aromatic ring is 1. The second kappa shape index (κ2) is 3.57. The number of anilines is 1. The summed E-state index contributed by atoms with van der Waals surface area (Å²) < 4.78 is 0. The van der Waals surface area contributed by atoms with Gasteiger partial charge < -0.3 is 11.1 Å². The lowest BCUT2D eigenvalue weighted by atomic mass is 9.89. The van der Waals surface area contributed by atoms with Gasteiger partial charge in [0.25, 0.3) is 0 Å². The van der Waals surface area contributed by atoms with Gasteiger partial charge in [0, 0.05) is 24.6 Å². The molecule has 3 heteroatoms. The molecule has 0 bridgehead atoms. The molecule has 1 fully saturated rings. The van der Waals surface area contributed by atoms with Crippen LogP contribution in [0.15, 0.2) is 12.1 Å². The lowest BCUT2D eigenvalue weighted by Crippen LogP contribution is -2.14. The van der Waals surface area contributed by atoms with Crippen molar-refractivity contribution in [3.05, 3.63) is 28.8 Å². The first kappa shape index (κ1) is 10.0. The molecule has 3 nitrogen and oxygen atoms in total. The van der Waals surface area contributed by atoms with Crippen LogP contribution in [0.5, 0.6) is 0 Å². The van der Waals surface area contributed by atoms with Crippen molar-refractivity contribution >= 4 is 11.6 Å². The van der Waals surface area contributed by atoms with Gasteiger partial charge in [0.05, 0.1) is 0 Å². The van der Waals surface area contributed by atoms with Crippen molar-refractivity contribution in [1.82, 2.24) is 5.32 Å². The maximum Gasteiger partial charge on any atom is 0.220 e. The van der Waals surface area contributed by atoms with E-state index in [9.17, 15) is 4.79 Å². The Hall–Kier alpha value is -1.51. The van der Waals surface area contributed by atoms with Gasteiger partial charge in [-0.25, -0.2) is 0 Å². The van der Waals surface area contributed by atoms with Crippen LogP contribution in [-0.2, 0) is 4.79 Å². The van der Waals surface area contributed by atoms with Gasteiger partial charge in [-0.1, -0.05) is 6.07 Å². The third kappa shape index (κ3) is 1.69. The van der Waals surface area contributed by atoms with Crippen molar-refractivity contribution in [2.75, 3.05) is 12.3 Å². The molecule has 1 heterocycles. The quantitative estimate of drug-likeness (QED) is 0.681. The molecule has 0 saturated carbocycles. The third-order valence-corrected chi connectivity index (χ3v) is 3.16. The molecule has 1 aliphatic rings. The fourth-order valence-electron chi connectivity index (χ4n) is 2.32. The van der Waals surface area contributed by atoms with Gasteiger partial charge in [-0.3, -0.25) is 4.79 Å². The maximum absolute atomic E-state index is 11.2. The van der Waals surface area contributed by atoms with Crippen LogP contribution in [0, 0.1) is 13.8 Å². The monoisotopic (exact) mass is 204 g/mol. The van der Waals surface area contributed by atoms with E-state index in [0.29, 0.717) is 12.3 Å².